The van der Waals surface area contributed by atoms with Crippen molar-refractivity contribution in [3.8, 4) is 5.75 Å². The summed E-state index contributed by atoms with van der Waals surface area (Å²) in [5.74, 6) is -0.363. The van der Waals surface area contributed by atoms with Crippen molar-refractivity contribution in [2.24, 2.45) is 5.92 Å². The Hall–Kier alpha value is -4.37. The predicted molar refractivity (Wildman–Crippen MR) is 152 cm³/mol. The van der Waals surface area contributed by atoms with E-state index in [0.717, 1.165) is 16.7 Å². The lowest BCUT2D eigenvalue weighted by molar-refractivity contribution is -0.171. The van der Waals surface area contributed by atoms with Gasteiger partial charge in [-0.2, -0.15) is 0 Å². The third-order valence-corrected chi connectivity index (χ3v) is 6.84. The molecule has 3 atom stereocenters. The molecule has 41 heavy (non-hydrogen) atoms. The number of nitrogens with zero attached hydrogens (tertiary/aromatic N) is 1. The third kappa shape index (κ3) is 8.31. The van der Waals surface area contributed by atoms with Crippen molar-refractivity contribution in [2.45, 2.75) is 51.7 Å². The van der Waals surface area contributed by atoms with Crippen molar-refractivity contribution in [3.05, 3.63) is 102 Å². The average Bonchev–Trinajstić information content (AvgIpc) is 3.37. The van der Waals surface area contributed by atoms with Crippen molar-refractivity contribution in [1.29, 1.82) is 0 Å². The van der Waals surface area contributed by atoms with Crippen molar-refractivity contribution >= 4 is 18.0 Å². The smallest absolute Gasteiger partial charge is 0.408 e. The second kappa shape index (κ2) is 14.3. The van der Waals surface area contributed by atoms with Gasteiger partial charge in [-0.3, -0.25) is 9.59 Å². The fourth-order valence-electron chi connectivity index (χ4n) is 4.57. The first-order chi connectivity index (χ1) is 19.8. The Morgan fingerprint density at radius 3 is 2.15 bits per heavy atom. The van der Waals surface area contributed by atoms with Gasteiger partial charge in [0, 0.05) is 0 Å². The van der Waals surface area contributed by atoms with Gasteiger partial charge in [-0.1, -0.05) is 86.6 Å². The third-order valence-electron chi connectivity index (χ3n) is 6.84. The Morgan fingerprint density at radius 1 is 0.902 bits per heavy atom. The van der Waals surface area contributed by atoms with Crippen molar-refractivity contribution in [3.63, 3.8) is 0 Å². The molecule has 1 aliphatic heterocycles. The van der Waals surface area contributed by atoms with E-state index in [1.807, 2.05) is 74.5 Å². The van der Waals surface area contributed by atoms with E-state index in [2.05, 4.69) is 5.32 Å². The quantitative estimate of drug-likeness (QED) is 0.345. The second-order valence-corrected chi connectivity index (χ2v) is 10.2. The van der Waals surface area contributed by atoms with Gasteiger partial charge in [0.25, 0.3) is 0 Å². The van der Waals surface area contributed by atoms with Crippen LogP contribution in [-0.2, 0) is 43.2 Å². The maximum absolute atomic E-state index is 13.8. The van der Waals surface area contributed by atoms with Crippen LogP contribution >= 0.6 is 0 Å². The molecule has 2 amide bonds. The van der Waals surface area contributed by atoms with E-state index in [0.29, 0.717) is 12.2 Å². The van der Waals surface area contributed by atoms with Gasteiger partial charge in [0.05, 0.1) is 13.5 Å². The Labute approximate surface area is 240 Å². The largest absolute Gasteiger partial charge is 0.497 e. The number of carbonyl (C=O) groups is 3. The van der Waals surface area contributed by atoms with Crippen LogP contribution in [0, 0.1) is 5.92 Å². The summed E-state index contributed by atoms with van der Waals surface area (Å²) >= 11 is 0. The van der Waals surface area contributed by atoms with Crippen LogP contribution in [0.3, 0.4) is 0 Å². The second-order valence-electron chi connectivity index (χ2n) is 10.2. The monoisotopic (exact) mass is 560 g/mol. The summed E-state index contributed by atoms with van der Waals surface area (Å²) < 4.78 is 22.1. The molecule has 0 aromatic heterocycles. The van der Waals surface area contributed by atoms with Crippen LogP contribution < -0.4 is 10.1 Å². The Kier molecular flexibility index (Phi) is 10.3. The topological polar surface area (TPSA) is 103 Å². The molecule has 3 aromatic carbocycles. The van der Waals surface area contributed by atoms with Gasteiger partial charge in [-0.15, -0.1) is 0 Å². The van der Waals surface area contributed by atoms with Crippen molar-refractivity contribution in [2.75, 3.05) is 13.8 Å². The summed E-state index contributed by atoms with van der Waals surface area (Å²) in [6, 6.07) is 24.6. The van der Waals surface area contributed by atoms with E-state index in [1.54, 1.807) is 31.4 Å². The standard InChI is InChI=1S/C32H36N2O7/c1-22(2)29(33-32(37)39-20-25-12-8-5-9-13-25)30(36)34-21-40-31(27(34)18-23-10-6-4-7-11-23)41-28(35)19-24-14-16-26(38-3)17-15-24/h4-17,22,27,29,31H,18-21H2,1-3H3,(H,33,37)/t27-,29-,31-/m0/s1. The van der Waals surface area contributed by atoms with E-state index in [-0.39, 0.29) is 31.6 Å². The molecule has 1 N–H and O–H groups in total. The average molecular weight is 561 g/mol. The molecule has 0 bridgehead atoms. The summed E-state index contributed by atoms with van der Waals surface area (Å²) in [6.07, 6.45) is -1.22. The van der Waals surface area contributed by atoms with Crippen molar-refractivity contribution < 1.29 is 33.3 Å². The van der Waals surface area contributed by atoms with Crippen LogP contribution in [0.15, 0.2) is 84.9 Å². The summed E-state index contributed by atoms with van der Waals surface area (Å²) in [4.78, 5) is 40.8. The minimum Gasteiger partial charge on any atom is -0.497 e. The van der Waals surface area contributed by atoms with Gasteiger partial charge in [-0.05, 0) is 41.2 Å². The van der Waals surface area contributed by atoms with Gasteiger partial charge >= 0.3 is 12.1 Å². The molecule has 1 aliphatic rings. The van der Waals surface area contributed by atoms with E-state index in [4.69, 9.17) is 18.9 Å². The summed E-state index contributed by atoms with van der Waals surface area (Å²) in [5, 5.41) is 2.72. The lowest BCUT2D eigenvalue weighted by Crippen LogP contribution is -2.54. The molecular weight excluding hydrogens is 524 g/mol. The van der Waals surface area contributed by atoms with Crippen LogP contribution in [0.25, 0.3) is 0 Å². The van der Waals surface area contributed by atoms with E-state index in [1.165, 1.54) is 4.90 Å². The number of hydrogen-bond acceptors (Lipinski definition) is 7. The number of alkyl carbamates (subject to hydrolysis) is 1. The number of benzene rings is 3. The first-order valence-corrected chi connectivity index (χ1v) is 13.6. The molecule has 0 aliphatic carbocycles. The normalized spacial score (nSPS) is 17.1. The highest BCUT2D eigenvalue weighted by Crippen LogP contribution is 2.25. The fourth-order valence-corrected chi connectivity index (χ4v) is 4.57. The Morgan fingerprint density at radius 2 is 1.54 bits per heavy atom. The maximum Gasteiger partial charge on any atom is 0.408 e. The number of carbonyl (C=O) groups excluding carboxylic acids is 3. The molecule has 9 nitrogen and oxygen atoms in total. The highest BCUT2D eigenvalue weighted by molar-refractivity contribution is 5.86. The summed E-state index contributed by atoms with van der Waals surface area (Å²) in [7, 11) is 1.58. The first-order valence-electron chi connectivity index (χ1n) is 13.6. The molecular formula is C32H36N2O7. The van der Waals surface area contributed by atoms with Crippen LogP contribution in [0.4, 0.5) is 4.79 Å². The van der Waals surface area contributed by atoms with Crippen LogP contribution in [0.1, 0.15) is 30.5 Å². The SMILES string of the molecule is COc1ccc(CC(=O)O[C@@H]2OCN(C(=O)[C@@H](NC(=O)OCc3ccccc3)C(C)C)[C@H]2Cc2ccccc2)cc1. The summed E-state index contributed by atoms with van der Waals surface area (Å²) in [5.41, 5.74) is 2.55. The Bertz CT molecular complexity index is 1280. The van der Waals surface area contributed by atoms with E-state index >= 15 is 0 Å². The Balaban J connectivity index is 1.45. The number of ether oxygens (including phenoxy) is 4. The summed E-state index contributed by atoms with van der Waals surface area (Å²) in [6.45, 7) is 3.69. The number of nitrogens with one attached hydrogen (secondary N) is 1. The molecule has 1 fully saturated rings. The highest BCUT2D eigenvalue weighted by Gasteiger charge is 2.43. The number of methoxy groups -OCH3 is 1. The van der Waals surface area contributed by atoms with Crippen LogP contribution in [0.2, 0.25) is 0 Å². The number of amides is 2. The molecule has 1 saturated heterocycles. The molecule has 1 heterocycles. The van der Waals surface area contributed by atoms with Crippen LogP contribution in [0.5, 0.6) is 5.75 Å². The highest BCUT2D eigenvalue weighted by atomic mass is 16.7. The first kappa shape index (κ1) is 29.6. The van der Waals surface area contributed by atoms with Gasteiger partial charge in [-0.25, -0.2) is 4.79 Å². The molecule has 3 aromatic rings. The molecule has 0 spiro atoms. The minimum atomic E-state index is -0.970. The van der Waals surface area contributed by atoms with E-state index < -0.39 is 30.4 Å². The van der Waals surface area contributed by atoms with Gasteiger partial charge < -0.3 is 29.2 Å². The minimum absolute atomic E-state index is 0.0410. The maximum atomic E-state index is 13.8. The van der Waals surface area contributed by atoms with Gasteiger partial charge in [0.1, 0.15) is 31.2 Å². The predicted octanol–water partition coefficient (Wildman–Crippen LogP) is 4.49. The molecule has 0 radical (unpaired) electrons. The fraction of sp³-hybridized carbons (Fsp3) is 0.344. The molecule has 0 saturated carbocycles. The lowest BCUT2D eigenvalue weighted by atomic mass is 10.00. The molecule has 9 heteroatoms. The zero-order valence-corrected chi connectivity index (χ0v) is 23.5. The van der Waals surface area contributed by atoms with Crippen LogP contribution in [-0.4, -0.2) is 55.1 Å². The molecule has 4 rings (SSSR count). The van der Waals surface area contributed by atoms with Gasteiger partial charge in [0.2, 0.25) is 12.2 Å². The number of esters is 1. The van der Waals surface area contributed by atoms with Crippen molar-refractivity contribution in [1.82, 2.24) is 10.2 Å². The lowest BCUT2D eigenvalue weighted by Gasteiger charge is -2.30. The van der Waals surface area contributed by atoms with E-state index in [9.17, 15) is 14.4 Å². The number of rotatable bonds is 11. The zero-order chi connectivity index (χ0) is 29.2. The van der Waals surface area contributed by atoms with Gasteiger partial charge in [0.15, 0.2) is 0 Å². The molecule has 0 unspecified atom stereocenters. The number of hydrogen-bond donors (Lipinski definition) is 1. The molecule has 216 valence electrons. The zero-order valence-electron chi connectivity index (χ0n) is 23.5.